The van der Waals surface area contributed by atoms with E-state index in [9.17, 15) is 4.79 Å². The molecule has 0 bridgehead atoms. The molecule has 106 valence electrons. The Morgan fingerprint density at radius 2 is 1.84 bits per heavy atom. The van der Waals surface area contributed by atoms with Crippen LogP contribution in [0.1, 0.15) is 27.2 Å². The highest BCUT2D eigenvalue weighted by Crippen LogP contribution is 2.18. The summed E-state index contributed by atoms with van der Waals surface area (Å²) in [5, 5.41) is 2.92. The third-order valence-electron chi connectivity index (χ3n) is 3.31. The minimum absolute atomic E-state index is 0.0287. The lowest BCUT2D eigenvalue weighted by molar-refractivity contribution is -0.119. The Balaban J connectivity index is 2.64. The van der Waals surface area contributed by atoms with Crippen LogP contribution in [0, 0.1) is 5.92 Å². The van der Waals surface area contributed by atoms with Crippen molar-refractivity contribution in [3.63, 3.8) is 0 Å². The van der Waals surface area contributed by atoms with Gasteiger partial charge in [-0.05, 0) is 51.1 Å². The number of benzene rings is 1. The number of hydrogen-bond acceptors (Lipinski definition) is 3. The molecule has 0 spiro atoms. The third-order valence-corrected chi connectivity index (χ3v) is 3.31. The van der Waals surface area contributed by atoms with Crippen molar-refractivity contribution in [2.75, 3.05) is 29.9 Å². The van der Waals surface area contributed by atoms with Gasteiger partial charge in [0.2, 0.25) is 5.91 Å². The molecule has 0 fully saturated rings. The van der Waals surface area contributed by atoms with Crippen molar-refractivity contribution in [3.05, 3.63) is 24.3 Å². The van der Waals surface area contributed by atoms with Crippen LogP contribution < -0.4 is 16.0 Å². The molecule has 1 rings (SSSR count). The summed E-state index contributed by atoms with van der Waals surface area (Å²) in [6.07, 6.45) is 0.712. The maximum absolute atomic E-state index is 11.9. The number of carbonyl (C=O) groups excluding carboxylic acids is 1. The molecule has 0 aromatic heterocycles. The first-order valence-corrected chi connectivity index (χ1v) is 6.98. The van der Waals surface area contributed by atoms with E-state index in [1.807, 2.05) is 31.2 Å². The van der Waals surface area contributed by atoms with Gasteiger partial charge in [0.05, 0.1) is 0 Å². The first-order valence-electron chi connectivity index (χ1n) is 6.98. The van der Waals surface area contributed by atoms with Gasteiger partial charge in [-0.25, -0.2) is 0 Å². The molecule has 4 heteroatoms. The molecule has 1 aromatic carbocycles. The summed E-state index contributed by atoms with van der Waals surface area (Å²) in [5.74, 6) is -0.0199. The minimum Gasteiger partial charge on any atom is -0.372 e. The van der Waals surface area contributed by atoms with Crippen molar-refractivity contribution in [1.82, 2.24) is 0 Å². The SMILES string of the molecule is CCN(CC)c1ccc(NC(=O)C(C)CCN)cc1. The second kappa shape index (κ2) is 7.79. The van der Waals surface area contributed by atoms with E-state index in [0.717, 1.165) is 18.8 Å². The molecule has 1 amide bonds. The Labute approximate surface area is 116 Å². The molecule has 0 heterocycles. The molecule has 0 aliphatic carbocycles. The van der Waals surface area contributed by atoms with Gasteiger partial charge >= 0.3 is 0 Å². The van der Waals surface area contributed by atoms with Crippen LogP contribution in [0.15, 0.2) is 24.3 Å². The van der Waals surface area contributed by atoms with E-state index in [1.54, 1.807) is 0 Å². The molecule has 0 aliphatic heterocycles. The van der Waals surface area contributed by atoms with Crippen LogP contribution in [-0.2, 0) is 4.79 Å². The second-order valence-electron chi connectivity index (χ2n) is 4.69. The Morgan fingerprint density at radius 3 is 2.32 bits per heavy atom. The molecule has 0 aliphatic rings. The summed E-state index contributed by atoms with van der Waals surface area (Å²) in [6.45, 7) is 8.66. The Bertz CT molecular complexity index is 385. The molecule has 19 heavy (non-hydrogen) atoms. The number of carbonyl (C=O) groups is 1. The summed E-state index contributed by atoms with van der Waals surface area (Å²) in [4.78, 5) is 14.1. The maximum atomic E-state index is 11.9. The fraction of sp³-hybridized carbons (Fsp3) is 0.533. The molecule has 1 unspecified atom stereocenters. The number of nitrogens with zero attached hydrogens (tertiary/aromatic N) is 1. The molecular formula is C15H25N3O. The van der Waals surface area contributed by atoms with E-state index in [1.165, 1.54) is 5.69 Å². The van der Waals surface area contributed by atoms with E-state index in [-0.39, 0.29) is 11.8 Å². The van der Waals surface area contributed by atoms with Gasteiger partial charge in [-0.3, -0.25) is 4.79 Å². The number of anilines is 2. The van der Waals surface area contributed by atoms with Crippen molar-refractivity contribution < 1.29 is 4.79 Å². The highest BCUT2D eigenvalue weighted by atomic mass is 16.1. The smallest absolute Gasteiger partial charge is 0.227 e. The predicted molar refractivity (Wildman–Crippen MR) is 81.5 cm³/mol. The Kier molecular flexibility index (Phi) is 6.36. The van der Waals surface area contributed by atoms with E-state index < -0.39 is 0 Å². The topological polar surface area (TPSA) is 58.4 Å². The molecule has 0 saturated heterocycles. The van der Waals surface area contributed by atoms with Crippen LogP contribution in [0.4, 0.5) is 11.4 Å². The first-order chi connectivity index (χ1) is 9.12. The van der Waals surface area contributed by atoms with Crippen LogP contribution in [0.3, 0.4) is 0 Å². The fourth-order valence-electron chi connectivity index (χ4n) is 1.99. The lowest BCUT2D eigenvalue weighted by Gasteiger charge is -2.21. The van der Waals surface area contributed by atoms with Crippen LogP contribution in [0.25, 0.3) is 0 Å². The number of nitrogens with two attached hydrogens (primary N) is 1. The summed E-state index contributed by atoms with van der Waals surface area (Å²) in [7, 11) is 0. The second-order valence-corrected chi connectivity index (χ2v) is 4.69. The van der Waals surface area contributed by atoms with Crippen molar-refractivity contribution in [1.29, 1.82) is 0 Å². The van der Waals surface area contributed by atoms with Crippen LogP contribution >= 0.6 is 0 Å². The van der Waals surface area contributed by atoms with Crippen molar-refractivity contribution >= 4 is 17.3 Å². The zero-order chi connectivity index (χ0) is 14.3. The standard InChI is InChI=1S/C15H25N3O/c1-4-18(5-2)14-8-6-13(7-9-14)17-15(19)12(3)10-11-16/h6-9,12H,4-5,10-11,16H2,1-3H3,(H,17,19). The summed E-state index contributed by atoms with van der Waals surface area (Å²) < 4.78 is 0. The van der Waals surface area contributed by atoms with E-state index in [0.29, 0.717) is 13.0 Å². The van der Waals surface area contributed by atoms with Gasteiger partial charge in [0.1, 0.15) is 0 Å². The van der Waals surface area contributed by atoms with Gasteiger partial charge in [-0.2, -0.15) is 0 Å². The molecule has 1 aromatic rings. The van der Waals surface area contributed by atoms with Gasteiger partial charge in [-0.15, -0.1) is 0 Å². The summed E-state index contributed by atoms with van der Waals surface area (Å²) >= 11 is 0. The number of rotatable bonds is 7. The monoisotopic (exact) mass is 263 g/mol. The van der Waals surface area contributed by atoms with Gasteiger partial charge in [0, 0.05) is 30.4 Å². The molecule has 0 radical (unpaired) electrons. The Morgan fingerprint density at radius 1 is 1.26 bits per heavy atom. The lowest BCUT2D eigenvalue weighted by Crippen LogP contribution is -2.23. The average Bonchev–Trinajstić information content (AvgIpc) is 2.42. The third kappa shape index (κ3) is 4.56. The molecule has 3 N–H and O–H groups in total. The molecule has 0 saturated carbocycles. The highest BCUT2D eigenvalue weighted by Gasteiger charge is 2.12. The molecular weight excluding hydrogens is 238 g/mol. The van der Waals surface area contributed by atoms with Crippen LogP contribution in [0.5, 0.6) is 0 Å². The zero-order valence-corrected chi connectivity index (χ0v) is 12.1. The first kappa shape index (κ1) is 15.5. The lowest BCUT2D eigenvalue weighted by atomic mass is 10.1. The number of hydrogen-bond donors (Lipinski definition) is 2. The predicted octanol–water partition coefficient (Wildman–Crippen LogP) is 2.46. The van der Waals surface area contributed by atoms with Gasteiger partial charge in [-0.1, -0.05) is 6.92 Å². The number of amides is 1. The Hall–Kier alpha value is -1.55. The van der Waals surface area contributed by atoms with E-state index in [2.05, 4.69) is 24.1 Å². The largest absolute Gasteiger partial charge is 0.372 e. The number of nitrogens with one attached hydrogen (secondary N) is 1. The highest BCUT2D eigenvalue weighted by molar-refractivity contribution is 5.92. The summed E-state index contributed by atoms with van der Waals surface area (Å²) in [5.41, 5.74) is 7.48. The van der Waals surface area contributed by atoms with Crippen molar-refractivity contribution in [2.45, 2.75) is 27.2 Å². The van der Waals surface area contributed by atoms with Gasteiger partial charge in [0.25, 0.3) is 0 Å². The quantitative estimate of drug-likeness (QED) is 0.794. The average molecular weight is 263 g/mol. The van der Waals surface area contributed by atoms with E-state index in [4.69, 9.17) is 5.73 Å². The van der Waals surface area contributed by atoms with E-state index >= 15 is 0 Å². The maximum Gasteiger partial charge on any atom is 0.227 e. The van der Waals surface area contributed by atoms with Crippen LogP contribution in [0.2, 0.25) is 0 Å². The molecule has 1 atom stereocenters. The normalized spacial score (nSPS) is 12.0. The van der Waals surface area contributed by atoms with Crippen molar-refractivity contribution in [2.24, 2.45) is 11.7 Å². The van der Waals surface area contributed by atoms with Gasteiger partial charge in [0.15, 0.2) is 0 Å². The zero-order valence-electron chi connectivity index (χ0n) is 12.1. The summed E-state index contributed by atoms with van der Waals surface area (Å²) in [6, 6.07) is 7.97. The fourth-order valence-corrected chi connectivity index (χ4v) is 1.99. The van der Waals surface area contributed by atoms with Gasteiger partial charge < -0.3 is 16.0 Å². The molecule has 4 nitrogen and oxygen atoms in total. The minimum atomic E-state index is -0.0486. The van der Waals surface area contributed by atoms with Crippen LogP contribution in [-0.4, -0.2) is 25.5 Å². The van der Waals surface area contributed by atoms with Crippen molar-refractivity contribution in [3.8, 4) is 0 Å².